The van der Waals surface area contributed by atoms with Gasteiger partial charge in [-0.15, -0.1) is 0 Å². The van der Waals surface area contributed by atoms with Crippen molar-refractivity contribution in [3.8, 4) is 5.75 Å². The van der Waals surface area contributed by atoms with Gasteiger partial charge in [-0.3, -0.25) is 0 Å². The quantitative estimate of drug-likeness (QED) is 0.760. The number of thiocarbonyl (C=S) groups is 1. The molecule has 6 nitrogen and oxygen atoms in total. The lowest BCUT2D eigenvalue weighted by molar-refractivity contribution is 0.309. The van der Waals surface area contributed by atoms with E-state index in [0.717, 1.165) is 10.7 Å². The summed E-state index contributed by atoms with van der Waals surface area (Å²) in [5.41, 5.74) is 0.613. The highest BCUT2D eigenvalue weighted by Crippen LogP contribution is 2.29. The van der Waals surface area contributed by atoms with Gasteiger partial charge in [-0.05, 0) is 49.2 Å². The summed E-state index contributed by atoms with van der Waals surface area (Å²) >= 11 is 5.41. The molecule has 140 valence electrons. The zero-order valence-corrected chi connectivity index (χ0v) is 16.8. The van der Waals surface area contributed by atoms with Gasteiger partial charge in [-0.25, -0.2) is 12.7 Å². The van der Waals surface area contributed by atoms with E-state index in [1.165, 1.54) is 40.5 Å². The Morgan fingerprint density at radius 3 is 2.56 bits per heavy atom. The van der Waals surface area contributed by atoms with Crippen molar-refractivity contribution in [1.82, 2.24) is 9.62 Å². The fourth-order valence-electron chi connectivity index (χ4n) is 3.02. The molecule has 1 saturated carbocycles. The van der Waals surface area contributed by atoms with Gasteiger partial charge >= 0.3 is 0 Å². The molecule has 1 aliphatic carbocycles. The highest BCUT2D eigenvalue weighted by molar-refractivity contribution is 7.89. The Labute approximate surface area is 156 Å². The molecule has 0 bridgehead atoms. The summed E-state index contributed by atoms with van der Waals surface area (Å²) in [4.78, 5) is 0.110. The van der Waals surface area contributed by atoms with E-state index in [9.17, 15) is 8.42 Å². The average Bonchev–Trinajstić information content (AvgIpc) is 2.56. The molecule has 1 fully saturated rings. The highest BCUT2D eigenvalue weighted by Gasteiger charge is 2.24. The summed E-state index contributed by atoms with van der Waals surface area (Å²) in [6, 6.07) is 5.29. The maximum absolute atomic E-state index is 12.5. The van der Waals surface area contributed by atoms with Gasteiger partial charge in [0.25, 0.3) is 0 Å². The van der Waals surface area contributed by atoms with Crippen LogP contribution in [-0.4, -0.2) is 45.1 Å². The lowest BCUT2D eigenvalue weighted by atomic mass is 9.86. The van der Waals surface area contributed by atoms with E-state index < -0.39 is 10.0 Å². The first kappa shape index (κ1) is 19.9. The second kappa shape index (κ2) is 8.33. The Kier molecular flexibility index (Phi) is 6.65. The van der Waals surface area contributed by atoms with Crippen LogP contribution in [0.3, 0.4) is 0 Å². The van der Waals surface area contributed by atoms with Gasteiger partial charge in [0.1, 0.15) is 10.6 Å². The Balaban J connectivity index is 2.16. The van der Waals surface area contributed by atoms with Crippen molar-refractivity contribution in [3.05, 3.63) is 18.2 Å². The molecule has 0 heterocycles. The molecule has 0 radical (unpaired) electrons. The number of methoxy groups -OCH3 is 1. The van der Waals surface area contributed by atoms with Gasteiger partial charge in [-0.1, -0.05) is 19.8 Å². The zero-order chi connectivity index (χ0) is 18.6. The largest absolute Gasteiger partial charge is 0.495 e. The number of rotatable bonds is 5. The van der Waals surface area contributed by atoms with Crippen LogP contribution >= 0.6 is 12.2 Å². The van der Waals surface area contributed by atoms with Crippen LogP contribution in [0.4, 0.5) is 5.69 Å². The lowest BCUT2D eigenvalue weighted by Crippen LogP contribution is -2.43. The standard InChI is InChI=1S/C17H27N3O3S2/c1-12-7-5-6-8-14(12)19-17(24)18-13-9-10-15(23-4)16(11-13)25(21,22)20(2)3/h9-12,14H,5-8H2,1-4H3,(H2,18,19,24)/t12-,14+/m1/s1. The summed E-state index contributed by atoms with van der Waals surface area (Å²) in [5, 5.41) is 6.96. The summed E-state index contributed by atoms with van der Waals surface area (Å²) in [6.45, 7) is 2.23. The minimum atomic E-state index is -3.61. The molecule has 2 rings (SSSR count). The minimum Gasteiger partial charge on any atom is -0.495 e. The first-order valence-electron chi connectivity index (χ1n) is 8.43. The van der Waals surface area contributed by atoms with E-state index in [2.05, 4.69) is 17.6 Å². The number of nitrogens with zero attached hydrogens (tertiary/aromatic N) is 1. The van der Waals surface area contributed by atoms with Crippen molar-refractivity contribution in [2.75, 3.05) is 26.5 Å². The van der Waals surface area contributed by atoms with Crippen LogP contribution in [0.15, 0.2) is 23.1 Å². The van der Waals surface area contributed by atoms with E-state index >= 15 is 0 Å². The summed E-state index contributed by atoms with van der Waals surface area (Å²) < 4.78 is 31.3. The molecule has 0 saturated heterocycles. The predicted molar refractivity (Wildman–Crippen MR) is 105 cm³/mol. The van der Waals surface area contributed by atoms with Gasteiger partial charge in [0.2, 0.25) is 10.0 Å². The number of sulfonamides is 1. The Morgan fingerprint density at radius 2 is 1.96 bits per heavy atom. The Morgan fingerprint density at radius 1 is 1.28 bits per heavy atom. The van der Waals surface area contributed by atoms with E-state index in [1.54, 1.807) is 18.2 Å². The molecule has 0 amide bonds. The van der Waals surface area contributed by atoms with Gasteiger partial charge in [0.05, 0.1) is 7.11 Å². The van der Waals surface area contributed by atoms with Crippen LogP contribution < -0.4 is 15.4 Å². The van der Waals surface area contributed by atoms with E-state index in [1.807, 2.05) is 0 Å². The van der Waals surface area contributed by atoms with E-state index in [4.69, 9.17) is 17.0 Å². The monoisotopic (exact) mass is 385 g/mol. The number of benzene rings is 1. The number of nitrogens with one attached hydrogen (secondary N) is 2. The van der Waals surface area contributed by atoms with Crippen LogP contribution in [0.2, 0.25) is 0 Å². The first-order valence-corrected chi connectivity index (χ1v) is 10.3. The fraction of sp³-hybridized carbons (Fsp3) is 0.588. The van der Waals surface area contributed by atoms with Crippen LogP contribution in [0, 0.1) is 5.92 Å². The Hall–Kier alpha value is -1.38. The molecular formula is C17H27N3O3S2. The van der Waals surface area contributed by atoms with Gasteiger partial charge in [0, 0.05) is 25.8 Å². The second-order valence-corrected chi connectivity index (χ2v) is 9.15. The molecule has 1 aliphatic rings. The number of hydrogen-bond donors (Lipinski definition) is 2. The lowest BCUT2D eigenvalue weighted by Gasteiger charge is -2.30. The molecule has 8 heteroatoms. The van der Waals surface area contributed by atoms with Crippen molar-refractivity contribution < 1.29 is 13.2 Å². The van der Waals surface area contributed by atoms with Crippen LogP contribution in [0.25, 0.3) is 0 Å². The molecular weight excluding hydrogens is 358 g/mol. The molecule has 0 aliphatic heterocycles. The molecule has 25 heavy (non-hydrogen) atoms. The average molecular weight is 386 g/mol. The van der Waals surface area contributed by atoms with Crippen LogP contribution in [0.1, 0.15) is 32.6 Å². The fourth-order valence-corrected chi connectivity index (χ4v) is 4.36. The maximum Gasteiger partial charge on any atom is 0.246 e. The highest BCUT2D eigenvalue weighted by atomic mass is 32.2. The third-order valence-corrected chi connectivity index (χ3v) is 6.66. The maximum atomic E-state index is 12.5. The minimum absolute atomic E-state index is 0.110. The molecule has 2 atom stereocenters. The van der Waals surface area contributed by atoms with E-state index in [0.29, 0.717) is 28.5 Å². The first-order chi connectivity index (χ1) is 11.8. The smallest absolute Gasteiger partial charge is 0.246 e. The van der Waals surface area contributed by atoms with E-state index in [-0.39, 0.29) is 4.90 Å². The number of ether oxygens (including phenoxy) is 1. The molecule has 0 spiro atoms. The van der Waals surface area contributed by atoms with Crippen LogP contribution in [-0.2, 0) is 10.0 Å². The summed E-state index contributed by atoms with van der Waals surface area (Å²) in [5.74, 6) is 0.882. The third kappa shape index (κ3) is 4.83. The third-order valence-electron chi connectivity index (χ3n) is 4.61. The van der Waals surface area contributed by atoms with Crippen molar-refractivity contribution in [2.24, 2.45) is 5.92 Å². The van der Waals surface area contributed by atoms with Gasteiger partial charge in [0.15, 0.2) is 5.11 Å². The van der Waals surface area contributed by atoms with Crippen LogP contribution in [0.5, 0.6) is 5.75 Å². The van der Waals surface area contributed by atoms with Crippen molar-refractivity contribution >= 4 is 33.0 Å². The summed E-state index contributed by atoms with van der Waals surface area (Å²) in [6.07, 6.45) is 4.78. The van der Waals surface area contributed by atoms with Gasteiger partial charge < -0.3 is 15.4 Å². The number of hydrogen-bond acceptors (Lipinski definition) is 4. The molecule has 0 aromatic heterocycles. The normalized spacial score (nSPS) is 21.0. The molecule has 2 N–H and O–H groups in total. The topological polar surface area (TPSA) is 70.7 Å². The Bertz CT molecular complexity index is 720. The van der Waals surface area contributed by atoms with Crippen molar-refractivity contribution in [2.45, 2.75) is 43.5 Å². The molecule has 0 unspecified atom stereocenters. The second-order valence-electron chi connectivity index (χ2n) is 6.62. The zero-order valence-electron chi connectivity index (χ0n) is 15.2. The number of anilines is 1. The SMILES string of the molecule is COc1ccc(NC(=S)N[C@H]2CCCC[C@H]2C)cc1S(=O)(=O)N(C)C. The molecule has 1 aromatic carbocycles. The van der Waals surface area contributed by atoms with Crippen molar-refractivity contribution in [3.63, 3.8) is 0 Å². The van der Waals surface area contributed by atoms with Crippen molar-refractivity contribution in [1.29, 1.82) is 0 Å². The summed E-state index contributed by atoms with van der Waals surface area (Å²) in [7, 11) is 0.826. The molecule has 1 aromatic rings. The van der Waals surface area contributed by atoms with Gasteiger partial charge in [-0.2, -0.15) is 0 Å². The predicted octanol–water partition coefficient (Wildman–Crippen LogP) is 2.81.